The van der Waals surface area contributed by atoms with E-state index in [0.29, 0.717) is 31.6 Å². The molecular formula is C29H27F6N7O3. The number of hydrogen-bond acceptors (Lipinski definition) is 7. The van der Waals surface area contributed by atoms with Gasteiger partial charge in [-0.25, -0.2) is 15.0 Å². The van der Waals surface area contributed by atoms with Gasteiger partial charge in [0.2, 0.25) is 5.91 Å². The summed E-state index contributed by atoms with van der Waals surface area (Å²) in [6, 6.07) is 5.39. The van der Waals surface area contributed by atoms with Crippen LogP contribution < -0.4 is 15.8 Å². The lowest BCUT2D eigenvalue weighted by atomic mass is 9.97. The van der Waals surface area contributed by atoms with Gasteiger partial charge in [0.25, 0.3) is 5.91 Å². The van der Waals surface area contributed by atoms with E-state index in [0.717, 1.165) is 16.7 Å². The van der Waals surface area contributed by atoms with Crippen LogP contribution in [-0.2, 0) is 17.1 Å². The van der Waals surface area contributed by atoms with Crippen LogP contribution in [0.25, 0.3) is 16.8 Å². The minimum atomic E-state index is -4.83. The van der Waals surface area contributed by atoms with Crippen molar-refractivity contribution in [1.82, 2.24) is 24.3 Å². The zero-order valence-corrected chi connectivity index (χ0v) is 24.0. The monoisotopic (exact) mass is 635 g/mol. The Hall–Kier alpha value is -4.89. The van der Waals surface area contributed by atoms with E-state index in [2.05, 4.69) is 20.3 Å². The summed E-state index contributed by atoms with van der Waals surface area (Å²) in [5, 5.41) is 2.30. The van der Waals surface area contributed by atoms with Gasteiger partial charge in [-0.3, -0.25) is 14.0 Å². The van der Waals surface area contributed by atoms with Crippen molar-refractivity contribution < 1.29 is 40.7 Å². The highest BCUT2D eigenvalue weighted by Gasteiger charge is 2.39. The molecule has 0 radical (unpaired) electrons. The first-order valence-corrected chi connectivity index (χ1v) is 13.8. The van der Waals surface area contributed by atoms with Crippen molar-refractivity contribution in [2.45, 2.75) is 44.5 Å². The minimum absolute atomic E-state index is 0.00314. The van der Waals surface area contributed by atoms with Crippen LogP contribution >= 0.6 is 0 Å². The number of hydrogen-bond donors (Lipinski definition) is 2. The first-order chi connectivity index (χ1) is 21.2. The Kier molecular flexibility index (Phi) is 8.33. The lowest BCUT2D eigenvalue weighted by molar-refractivity contribution is -0.142. The molecule has 3 aromatic heterocycles. The molecular weight excluding hydrogens is 608 g/mol. The molecule has 0 bridgehead atoms. The van der Waals surface area contributed by atoms with Crippen LogP contribution in [0.15, 0.2) is 42.7 Å². The molecule has 4 heterocycles. The SMILES string of the molecule is CCC(=O)N1CCCC(c2nc(-c3ccc(C(=O)Nc4cc(C(F)(F)F)ccn4)cc3OC)c3c(N)ncc(C(F)(F)F)n23)C1. The van der Waals surface area contributed by atoms with Gasteiger partial charge in [0.15, 0.2) is 0 Å². The zero-order chi connectivity index (χ0) is 32.7. The van der Waals surface area contributed by atoms with Crippen molar-refractivity contribution in [3.8, 4) is 17.0 Å². The van der Waals surface area contributed by atoms with Crippen LogP contribution in [0, 0.1) is 0 Å². The van der Waals surface area contributed by atoms with Gasteiger partial charge in [0.1, 0.15) is 40.1 Å². The van der Waals surface area contributed by atoms with Crippen molar-refractivity contribution >= 4 is 29.0 Å². The van der Waals surface area contributed by atoms with Crippen LogP contribution in [0.3, 0.4) is 0 Å². The van der Waals surface area contributed by atoms with E-state index < -0.39 is 35.4 Å². The highest BCUT2D eigenvalue weighted by molar-refractivity contribution is 6.04. The third kappa shape index (κ3) is 6.21. The van der Waals surface area contributed by atoms with Gasteiger partial charge >= 0.3 is 12.4 Å². The molecule has 0 saturated carbocycles. The van der Waals surface area contributed by atoms with E-state index in [1.54, 1.807) is 11.8 Å². The third-order valence-corrected chi connectivity index (χ3v) is 7.49. The van der Waals surface area contributed by atoms with Crippen LogP contribution in [0.2, 0.25) is 0 Å². The summed E-state index contributed by atoms with van der Waals surface area (Å²) < 4.78 is 88.6. The average Bonchev–Trinajstić information content (AvgIpc) is 3.40. The maximum atomic E-state index is 14.3. The summed E-state index contributed by atoms with van der Waals surface area (Å²) in [6.45, 7) is 2.34. The number of fused-ring (bicyclic) bond motifs is 1. The second kappa shape index (κ2) is 11.9. The maximum Gasteiger partial charge on any atom is 0.433 e. The smallest absolute Gasteiger partial charge is 0.433 e. The van der Waals surface area contributed by atoms with Gasteiger partial charge in [-0.2, -0.15) is 26.3 Å². The van der Waals surface area contributed by atoms with Crippen molar-refractivity contribution in [2.75, 3.05) is 31.2 Å². The van der Waals surface area contributed by atoms with Crippen molar-refractivity contribution in [3.63, 3.8) is 0 Å². The van der Waals surface area contributed by atoms with Gasteiger partial charge in [-0.05, 0) is 43.2 Å². The quantitative estimate of drug-likeness (QED) is 0.257. The predicted octanol–water partition coefficient (Wildman–Crippen LogP) is 5.79. The van der Waals surface area contributed by atoms with Crippen molar-refractivity contribution in [2.24, 2.45) is 0 Å². The van der Waals surface area contributed by atoms with Gasteiger partial charge < -0.3 is 20.7 Å². The molecule has 0 spiro atoms. The van der Waals surface area contributed by atoms with E-state index in [4.69, 9.17) is 10.5 Å². The molecule has 4 aromatic rings. The van der Waals surface area contributed by atoms with E-state index in [1.807, 2.05) is 0 Å². The molecule has 10 nitrogen and oxygen atoms in total. The summed E-state index contributed by atoms with van der Waals surface area (Å²) in [4.78, 5) is 39.2. The van der Waals surface area contributed by atoms with E-state index in [-0.39, 0.29) is 64.4 Å². The van der Waals surface area contributed by atoms with E-state index >= 15 is 0 Å². The van der Waals surface area contributed by atoms with E-state index in [1.165, 1.54) is 25.3 Å². The number of nitrogens with two attached hydrogens (primary N) is 1. The van der Waals surface area contributed by atoms with Crippen LogP contribution in [0.1, 0.15) is 59.5 Å². The number of nitrogens with one attached hydrogen (secondary N) is 1. The molecule has 3 N–H and O–H groups in total. The minimum Gasteiger partial charge on any atom is -0.496 e. The average molecular weight is 636 g/mol. The summed E-state index contributed by atoms with van der Waals surface area (Å²) >= 11 is 0. The molecule has 1 unspecified atom stereocenters. The number of imidazole rings is 1. The number of ether oxygens (including phenoxy) is 1. The highest BCUT2D eigenvalue weighted by Crippen LogP contribution is 2.41. The number of amides is 2. The topological polar surface area (TPSA) is 128 Å². The van der Waals surface area contributed by atoms with Gasteiger partial charge in [-0.1, -0.05) is 6.92 Å². The number of methoxy groups -OCH3 is 1. The van der Waals surface area contributed by atoms with Crippen LogP contribution in [0.5, 0.6) is 5.75 Å². The second-order valence-corrected chi connectivity index (χ2v) is 10.4. The lowest BCUT2D eigenvalue weighted by Crippen LogP contribution is -2.39. The number of piperidine rings is 1. The second-order valence-electron chi connectivity index (χ2n) is 10.4. The maximum absolute atomic E-state index is 14.3. The molecule has 1 saturated heterocycles. The number of benzene rings is 1. The fraction of sp³-hybridized carbons (Fsp3) is 0.345. The number of likely N-dealkylation sites (tertiary alicyclic amines) is 1. The molecule has 5 rings (SSSR count). The Bertz CT molecular complexity index is 1770. The fourth-order valence-corrected chi connectivity index (χ4v) is 5.36. The summed E-state index contributed by atoms with van der Waals surface area (Å²) in [6.07, 6.45) is -6.69. The normalized spacial score (nSPS) is 15.7. The predicted molar refractivity (Wildman–Crippen MR) is 150 cm³/mol. The fourth-order valence-electron chi connectivity index (χ4n) is 5.36. The number of rotatable bonds is 6. The molecule has 16 heteroatoms. The molecule has 1 aromatic carbocycles. The van der Waals surface area contributed by atoms with Gasteiger partial charge in [-0.15, -0.1) is 0 Å². The number of pyridine rings is 1. The molecule has 45 heavy (non-hydrogen) atoms. The standard InChI is InChI=1S/C29H27F6N7O3/c1-3-22(43)41-10-4-5-16(14-41)26-40-23(24-25(36)38-13-20(42(24)26)29(33,34)35)18-7-6-15(11-19(18)45-2)27(44)39-21-12-17(8-9-37-21)28(30,31)32/h6-9,11-13,16H,3-5,10,14H2,1-2H3,(H2,36,38)(H,37,39,44). The number of nitrogens with zero attached hydrogens (tertiary/aromatic N) is 5. The van der Waals surface area contributed by atoms with E-state index in [9.17, 15) is 35.9 Å². The Morgan fingerprint density at radius 3 is 2.51 bits per heavy atom. The number of aromatic nitrogens is 4. The number of nitrogen functional groups attached to an aromatic ring is 1. The van der Waals surface area contributed by atoms with Gasteiger partial charge in [0, 0.05) is 42.8 Å². The number of carbonyl (C=O) groups excluding carboxylic acids is 2. The molecule has 1 aliphatic heterocycles. The van der Waals surface area contributed by atoms with Crippen molar-refractivity contribution in [3.05, 3.63) is 65.4 Å². The van der Waals surface area contributed by atoms with Crippen LogP contribution in [0.4, 0.5) is 38.0 Å². The lowest BCUT2D eigenvalue weighted by Gasteiger charge is -2.32. The number of halogens is 6. The summed E-state index contributed by atoms with van der Waals surface area (Å²) in [5.74, 6) is -2.03. The number of anilines is 2. The Morgan fingerprint density at radius 2 is 1.84 bits per heavy atom. The molecule has 238 valence electrons. The largest absolute Gasteiger partial charge is 0.496 e. The molecule has 2 amide bonds. The molecule has 0 aliphatic carbocycles. The zero-order valence-electron chi connectivity index (χ0n) is 24.0. The summed E-state index contributed by atoms with van der Waals surface area (Å²) in [7, 11) is 1.27. The Balaban J connectivity index is 1.60. The molecule has 1 aliphatic rings. The highest BCUT2D eigenvalue weighted by atomic mass is 19.4. The van der Waals surface area contributed by atoms with Gasteiger partial charge in [0.05, 0.1) is 18.9 Å². The first kappa shape index (κ1) is 31.5. The number of alkyl halides is 6. The first-order valence-electron chi connectivity index (χ1n) is 13.8. The summed E-state index contributed by atoms with van der Waals surface area (Å²) in [5.41, 5.74) is 4.04. The van der Waals surface area contributed by atoms with Crippen molar-refractivity contribution in [1.29, 1.82) is 0 Å². The Morgan fingerprint density at radius 1 is 1.09 bits per heavy atom. The molecule has 1 atom stereocenters. The van der Waals surface area contributed by atoms with Crippen LogP contribution in [-0.4, -0.2) is 56.3 Å². The third-order valence-electron chi connectivity index (χ3n) is 7.49. The Labute approximate surface area is 252 Å². The molecule has 1 fully saturated rings. The number of carbonyl (C=O) groups is 2.